The molecule has 3 atom stereocenters. The van der Waals surface area contributed by atoms with E-state index in [0.29, 0.717) is 12.1 Å². The molecule has 2 aliphatic carbocycles. The first-order valence-corrected chi connectivity index (χ1v) is 10.7. The molecule has 3 aliphatic rings. The predicted octanol–water partition coefficient (Wildman–Crippen LogP) is 1.93. The molecule has 1 saturated heterocycles. The molecule has 2 unspecified atom stereocenters. The Morgan fingerprint density at radius 2 is 2.07 bits per heavy atom. The van der Waals surface area contributed by atoms with Crippen LogP contribution in [0.2, 0.25) is 0 Å². The van der Waals surface area contributed by atoms with E-state index < -0.39 is 0 Å². The molecule has 4 heterocycles. The molecule has 0 bridgehead atoms. The zero-order chi connectivity index (χ0) is 20.2. The maximum atomic E-state index is 12.7. The lowest BCUT2D eigenvalue weighted by atomic mass is 10.2. The number of amides is 1. The van der Waals surface area contributed by atoms with Crippen LogP contribution in [0, 0.1) is 11.8 Å². The fourth-order valence-corrected chi connectivity index (χ4v) is 4.91. The van der Waals surface area contributed by atoms with Gasteiger partial charge in [0.15, 0.2) is 0 Å². The minimum absolute atomic E-state index is 0.0228. The highest BCUT2D eigenvalue weighted by molar-refractivity contribution is 5.94. The number of nitrogens with zero attached hydrogens (tertiary/aromatic N) is 6. The molecule has 6 rings (SSSR count). The van der Waals surface area contributed by atoms with E-state index in [1.165, 1.54) is 12.1 Å². The number of hydrogen-bond acceptors (Lipinski definition) is 5. The number of piperidine rings is 1. The summed E-state index contributed by atoms with van der Waals surface area (Å²) in [5.41, 5.74) is 3.84. The number of pyridine rings is 1. The van der Waals surface area contributed by atoms with Crippen LogP contribution in [-0.4, -0.2) is 43.3 Å². The van der Waals surface area contributed by atoms with Crippen molar-refractivity contribution in [3.63, 3.8) is 0 Å². The van der Waals surface area contributed by atoms with Crippen LogP contribution in [0.5, 0.6) is 0 Å². The molecule has 154 valence electrons. The average Bonchev–Trinajstić information content (AvgIpc) is 3.21. The lowest BCUT2D eigenvalue weighted by Gasteiger charge is -2.18. The zero-order valence-corrected chi connectivity index (χ0v) is 17.0. The normalized spacial score (nSPS) is 24.0. The van der Waals surface area contributed by atoms with Gasteiger partial charge in [0, 0.05) is 38.2 Å². The van der Waals surface area contributed by atoms with E-state index in [1.54, 1.807) is 17.1 Å². The number of imidazole rings is 1. The van der Waals surface area contributed by atoms with Crippen molar-refractivity contribution in [2.24, 2.45) is 18.9 Å². The summed E-state index contributed by atoms with van der Waals surface area (Å²) < 4.78 is 3.82. The van der Waals surface area contributed by atoms with Gasteiger partial charge >= 0.3 is 0 Å². The second-order valence-corrected chi connectivity index (χ2v) is 8.86. The van der Waals surface area contributed by atoms with Crippen LogP contribution < -0.4 is 10.2 Å². The Hall–Kier alpha value is -3.16. The summed E-state index contributed by atoms with van der Waals surface area (Å²) in [5.74, 6) is 2.75. The molecule has 3 aromatic rings. The van der Waals surface area contributed by atoms with Crippen molar-refractivity contribution in [1.29, 1.82) is 0 Å². The number of hydrogen-bond donors (Lipinski definition) is 1. The molecule has 1 saturated carbocycles. The Bertz CT molecular complexity index is 1090. The van der Waals surface area contributed by atoms with Crippen LogP contribution in [0.4, 0.5) is 5.82 Å². The van der Waals surface area contributed by atoms with E-state index in [1.807, 2.05) is 24.1 Å². The number of aryl methyl sites for hydroxylation is 1. The summed E-state index contributed by atoms with van der Waals surface area (Å²) >= 11 is 0. The first kappa shape index (κ1) is 17.7. The number of carbonyl (C=O) groups excluding carboxylic acids is 1. The van der Waals surface area contributed by atoms with Crippen molar-refractivity contribution in [2.75, 3.05) is 18.0 Å². The van der Waals surface area contributed by atoms with Crippen LogP contribution in [0.1, 0.15) is 46.2 Å². The van der Waals surface area contributed by atoms with E-state index in [2.05, 4.69) is 37.4 Å². The maximum absolute atomic E-state index is 12.7. The van der Waals surface area contributed by atoms with Crippen molar-refractivity contribution in [1.82, 2.24) is 29.6 Å². The summed E-state index contributed by atoms with van der Waals surface area (Å²) in [6.07, 6.45) is 10.4. The van der Waals surface area contributed by atoms with Gasteiger partial charge in [-0.2, -0.15) is 5.10 Å². The second kappa shape index (κ2) is 6.68. The maximum Gasteiger partial charge on any atom is 0.255 e. The van der Waals surface area contributed by atoms with Crippen molar-refractivity contribution < 1.29 is 4.79 Å². The van der Waals surface area contributed by atoms with E-state index in [4.69, 9.17) is 0 Å². The van der Waals surface area contributed by atoms with Crippen molar-refractivity contribution in [3.8, 4) is 0 Å². The molecule has 3 aromatic heterocycles. The van der Waals surface area contributed by atoms with Gasteiger partial charge < -0.3 is 14.8 Å². The fraction of sp³-hybridized carbons (Fsp3) is 0.455. The van der Waals surface area contributed by atoms with Gasteiger partial charge in [-0.05, 0) is 42.7 Å². The van der Waals surface area contributed by atoms with Gasteiger partial charge in [0.05, 0.1) is 36.4 Å². The van der Waals surface area contributed by atoms with Gasteiger partial charge in [-0.15, -0.1) is 0 Å². The lowest BCUT2D eigenvalue weighted by Crippen LogP contribution is -2.27. The van der Waals surface area contributed by atoms with Crippen molar-refractivity contribution >= 4 is 11.7 Å². The third-order valence-corrected chi connectivity index (χ3v) is 6.75. The summed E-state index contributed by atoms with van der Waals surface area (Å²) in [4.78, 5) is 24.2. The number of fused-ring (bicyclic) bond motifs is 2. The highest BCUT2D eigenvalue weighted by Gasteiger charge is 2.45. The van der Waals surface area contributed by atoms with Gasteiger partial charge in [-0.1, -0.05) is 6.07 Å². The van der Waals surface area contributed by atoms with Gasteiger partial charge in [0.25, 0.3) is 5.91 Å². The molecule has 0 aromatic carbocycles. The average molecular weight is 403 g/mol. The quantitative estimate of drug-likeness (QED) is 0.704. The summed E-state index contributed by atoms with van der Waals surface area (Å²) in [6.45, 7) is 2.89. The molecule has 2 fully saturated rings. The molecule has 8 heteroatoms. The Labute approximate surface area is 174 Å². The second-order valence-electron chi connectivity index (χ2n) is 8.86. The van der Waals surface area contributed by atoms with Crippen LogP contribution >= 0.6 is 0 Å². The molecule has 8 nitrogen and oxygen atoms in total. The molecule has 1 aliphatic heterocycles. The van der Waals surface area contributed by atoms with Crippen LogP contribution in [0.25, 0.3) is 0 Å². The summed E-state index contributed by atoms with van der Waals surface area (Å²) in [5, 5.41) is 7.47. The largest absolute Gasteiger partial charge is 0.356 e. The van der Waals surface area contributed by atoms with Gasteiger partial charge in [0.2, 0.25) is 0 Å². The zero-order valence-electron chi connectivity index (χ0n) is 17.0. The number of carbonyl (C=O) groups is 1. The Morgan fingerprint density at radius 1 is 1.20 bits per heavy atom. The predicted molar refractivity (Wildman–Crippen MR) is 111 cm³/mol. The Morgan fingerprint density at radius 3 is 2.87 bits per heavy atom. The van der Waals surface area contributed by atoms with E-state index in [9.17, 15) is 4.79 Å². The van der Waals surface area contributed by atoms with Crippen LogP contribution in [-0.2, 0) is 20.0 Å². The first-order chi connectivity index (χ1) is 14.6. The number of nitrogens with one attached hydrogen (secondary N) is 1. The van der Waals surface area contributed by atoms with E-state index in [0.717, 1.165) is 54.8 Å². The lowest BCUT2D eigenvalue weighted by molar-refractivity contribution is 0.0936. The van der Waals surface area contributed by atoms with Crippen molar-refractivity contribution in [2.45, 2.75) is 31.8 Å². The SMILES string of the molecule is Cn1cnc2c1CC[C@H]2NC(=O)c1cnn(Cc2ccc(N3CC4CC4C3)nc2)c1. The Kier molecular flexibility index (Phi) is 3.94. The standard InChI is InChI=1S/C22H25N7O/c1-27-13-24-21-18(3-4-19(21)27)26-22(30)17-8-25-29(12-17)9-14-2-5-20(23-7-14)28-10-15-6-16(15)11-28/h2,5,7-8,12-13,15-16,18H,3-4,6,9-11H2,1H3,(H,26,30)/t15?,16?,18-/m1/s1. The molecule has 30 heavy (non-hydrogen) atoms. The van der Waals surface area contributed by atoms with Gasteiger partial charge in [-0.3, -0.25) is 9.48 Å². The topological polar surface area (TPSA) is 80.9 Å². The highest BCUT2D eigenvalue weighted by atomic mass is 16.1. The van der Waals surface area contributed by atoms with Gasteiger partial charge in [-0.25, -0.2) is 9.97 Å². The Balaban J connectivity index is 1.09. The minimum atomic E-state index is -0.106. The monoisotopic (exact) mass is 403 g/mol. The van der Waals surface area contributed by atoms with E-state index >= 15 is 0 Å². The van der Waals surface area contributed by atoms with Crippen LogP contribution in [0.3, 0.4) is 0 Å². The van der Waals surface area contributed by atoms with Crippen LogP contribution in [0.15, 0.2) is 37.1 Å². The fourth-order valence-electron chi connectivity index (χ4n) is 4.91. The number of aromatic nitrogens is 5. The van der Waals surface area contributed by atoms with Gasteiger partial charge in [0.1, 0.15) is 5.82 Å². The summed E-state index contributed by atoms with van der Waals surface area (Å²) in [7, 11) is 2.00. The number of anilines is 1. The third kappa shape index (κ3) is 3.07. The molecule has 1 N–H and O–H groups in total. The minimum Gasteiger partial charge on any atom is -0.356 e. The molecule has 0 radical (unpaired) electrons. The molecular weight excluding hydrogens is 378 g/mol. The first-order valence-electron chi connectivity index (χ1n) is 10.7. The van der Waals surface area contributed by atoms with Crippen molar-refractivity contribution in [3.05, 3.63) is 59.6 Å². The van der Waals surface area contributed by atoms with E-state index in [-0.39, 0.29) is 11.9 Å². The summed E-state index contributed by atoms with van der Waals surface area (Å²) in [6, 6.07) is 4.18. The smallest absolute Gasteiger partial charge is 0.255 e. The third-order valence-electron chi connectivity index (χ3n) is 6.75. The molecular formula is C22H25N7O. The molecule has 1 amide bonds. The molecule has 0 spiro atoms. The number of rotatable bonds is 5. The highest BCUT2D eigenvalue weighted by Crippen LogP contribution is 2.45.